The van der Waals surface area contributed by atoms with Crippen molar-refractivity contribution in [3.05, 3.63) is 18.3 Å². The topological polar surface area (TPSA) is 101 Å². The van der Waals surface area contributed by atoms with Crippen LogP contribution in [0.1, 0.15) is 6.92 Å². The molecule has 7 heteroatoms. The van der Waals surface area contributed by atoms with E-state index in [2.05, 4.69) is 15.6 Å². The van der Waals surface area contributed by atoms with Gasteiger partial charge in [0.25, 0.3) is 5.91 Å². The van der Waals surface area contributed by atoms with Crippen molar-refractivity contribution in [2.75, 3.05) is 5.32 Å². The van der Waals surface area contributed by atoms with E-state index in [4.69, 9.17) is 9.84 Å². The molecule has 0 unspecified atom stereocenters. The molecule has 0 fully saturated rings. The fourth-order valence-electron chi connectivity index (χ4n) is 1.57. The zero-order valence-corrected chi connectivity index (χ0v) is 9.01. The van der Waals surface area contributed by atoms with Gasteiger partial charge in [0.05, 0.1) is 0 Å². The van der Waals surface area contributed by atoms with Crippen LogP contribution in [0.25, 0.3) is 0 Å². The maximum absolute atomic E-state index is 11.8. The fraction of sp³-hybridized carbons (Fsp3) is 0.300. The van der Waals surface area contributed by atoms with Gasteiger partial charge in [-0.15, -0.1) is 0 Å². The Labute approximate surface area is 96.8 Å². The van der Waals surface area contributed by atoms with Gasteiger partial charge in [-0.05, 0) is 19.1 Å². The summed E-state index contributed by atoms with van der Waals surface area (Å²) in [6.45, 7) is 1.61. The van der Waals surface area contributed by atoms with Gasteiger partial charge >= 0.3 is 6.09 Å². The van der Waals surface area contributed by atoms with E-state index < -0.39 is 24.1 Å². The zero-order chi connectivity index (χ0) is 12.4. The van der Waals surface area contributed by atoms with Gasteiger partial charge in [-0.1, -0.05) is 0 Å². The molecule has 1 aliphatic heterocycles. The monoisotopic (exact) mass is 237 g/mol. The molecule has 7 nitrogen and oxygen atoms in total. The predicted molar refractivity (Wildman–Crippen MR) is 57.9 cm³/mol. The van der Waals surface area contributed by atoms with E-state index in [9.17, 15) is 9.59 Å². The molecule has 0 spiro atoms. The molecule has 3 N–H and O–H groups in total. The average molecular weight is 237 g/mol. The molecule has 1 aromatic heterocycles. The van der Waals surface area contributed by atoms with Gasteiger partial charge in [-0.25, -0.2) is 9.78 Å². The van der Waals surface area contributed by atoms with E-state index in [1.807, 2.05) is 0 Å². The van der Waals surface area contributed by atoms with Crippen molar-refractivity contribution in [1.82, 2.24) is 10.3 Å². The highest BCUT2D eigenvalue weighted by molar-refractivity contribution is 5.97. The zero-order valence-electron chi connectivity index (χ0n) is 9.01. The highest BCUT2D eigenvalue weighted by Gasteiger charge is 2.32. The highest BCUT2D eigenvalue weighted by Crippen LogP contribution is 2.25. The SMILES string of the molecule is C[C@H]1Oc2cccnc2NC(=O)[C@H]1NC(=O)O. The van der Waals surface area contributed by atoms with Crippen molar-refractivity contribution in [2.24, 2.45) is 0 Å². The summed E-state index contributed by atoms with van der Waals surface area (Å²) in [5, 5.41) is 13.3. The lowest BCUT2D eigenvalue weighted by Gasteiger charge is -2.19. The number of ether oxygens (including phenoxy) is 1. The molecule has 0 saturated heterocycles. The fourth-order valence-corrected chi connectivity index (χ4v) is 1.57. The Balaban J connectivity index is 2.28. The second-order valence-corrected chi connectivity index (χ2v) is 3.59. The van der Waals surface area contributed by atoms with Crippen molar-refractivity contribution in [1.29, 1.82) is 0 Å². The summed E-state index contributed by atoms with van der Waals surface area (Å²) >= 11 is 0. The number of amides is 2. The Morgan fingerprint density at radius 1 is 1.65 bits per heavy atom. The third-order valence-corrected chi connectivity index (χ3v) is 2.36. The number of rotatable bonds is 1. The number of fused-ring (bicyclic) bond motifs is 1. The maximum Gasteiger partial charge on any atom is 0.405 e. The van der Waals surface area contributed by atoms with E-state index in [1.165, 1.54) is 6.20 Å². The van der Waals surface area contributed by atoms with E-state index in [0.29, 0.717) is 11.6 Å². The summed E-state index contributed by atoms with van der Waals surface area (Å²) in [7, 11) is 0. The van der Waals surface area contributed by atoms with E-state index >= 15 is 0 Å². The predicted octanol–water partition coefficient (Wildman–Crippen LogP) is 0.437. The minimum absolute atomic E-state index is 0.291. The summed E-state index contributed by atoms with van der Waals surface area (Å²) in [6, 6.07) is 2.35. The number of hydrogen-bond acceptors (Lipinski definition) is 4. The Kier molecular flexibility index (Phi) is 2.82. The van der Waals surface area contributed by atoms with Crippen LogP contribution < -0.4 is 15.4 Å². The number of hydrogen-bond donors (Lipinski definition) is 3. The molecule has 2 atom stereocenters. The van der Waals surface area contributed by atoms with Crippen molar-refractivity contribution < 1.29 is 19.4 Å². The summed E-state index contributed by atoms with van der Waals surface area (Å²) in [4.78, 5) is 26.3. The van der Waals surface area contributed by atoms with Gasteiger partial charge in [0, 0.05) is 6.20 Å². The number of nitrogens with zero attached hydrogens (tertiary/aromatic N) is 1. The van der Waals surface area contributed by atoms with Gasteiger partial charge < -0.3 is 20.5 Å². The summed E-state index contributed by atoms with van der Waals surface area (Å²) in [5.74, 6) is 0.222. The summed E-state index contributed by atoms with van der Waals surface area (Å²) in [6.07, 6.45) is -0.381. The van der Waals surface area contributed by atoms with Crippen LogP contribution in [0.4, 0.5) is 10.6 Å². The van der Waals surface area contributed by atoms with Crippen LogP contribution in [0, 0.1) is 0 Å². The highest BCUT2D eigenvalue weighted by atomic mass is 16.5. The minimum atomic E-state index is -1.28. The third-order valence-electron chi connectivity index (χ3n) is 2.36. The molecule has 0 aromatic carbocycles. The average Bonchev–Trinajstić information content (AvgIpc) is 2.38. The number of carboxylic acid groups (broad SMARTS) is 1. The van der Waals surface area contributed by atoms with Crippen LogP contribution in [0.5, 0.6) is 5.75 Å². The molecule has 17 heavy (non-hydrogen) atoms. The lowest BCUT2D eigenvalue weighted by Crippen LogP contribution is -2.50. The van der Waals surface area contributed by atoms with Crippen molar-refractivity contribution in [3.8, 4) is 5.75 Å². The van der Waals surface area contributed by atoms with Gasteiger partial charge in [0.15, 0.2) is 11.6 Å². The number of pyridine rings is 1. The molecule has 0 bridgehead atoms. The van der Waals surface area contributed by atoms with Crippen LogP contribution in [0.3, 0.4) is 0 Å². The lowest BCUT2D eigenvalue weighted by atomic mass is 10.2. The first kappa shape index (κ1) is 11.2. The quantitative estimate of drug-likeness (QED) is 0.657. The second kappa shape index (κ2) is 4.28. The van der Waals surface area contributed by atoms with E-state index in [0.717, 1.165) is 0 Å². The smallest absolute Gasteiger partial charge is 0.405 e. The number of carbonyl (C=O) groups is 2. The largest absolute Gasteiger partial charge is 0.484 e. The van der Waals surface area contributed by atoms with E-state index in [1.54, 1.807) is 19.1 Å². The standard InChI is InChI=1S/C10H11N3O4/c1-5-7(12-10(15)16)9(14)13-8-6(17-5)3-2-4-11-8/h2-5,7,12H,1H3,(H,15,16)(H,11,13,14)/t5-,7+/m1/s1. The maximum atomic E-state index is 11.8. The van der Waals surface area contributed by atoms with Crippen molar-refractivity contribution in [3.63, 3.8) is 0 Å². The normalized spacial score (nSPS) is 22.8. The molecule has 0 radical (unpaired) electrons. The van der Waals surface area contributed by atoms with Gasteiger partial charge in [0.2, 0.25) is 0 Å². The summed E-state index contributed by atoms with van der Waals surface area (Å²) < 4.78 is 5.47. The van der Waals surface area contributed by atoms with Gasteiger partial charge in [-0.3, -0.25) is 4.79 Å². The first-order valence-electron chi connectivity index (χ1n) is 5.00. The number of aromatic nitrogens is 1. The summed E-state index contributed by atoms with van der Waals surface area (Å²) in [5.41, 5.74) is 0. The Bertz CT molecular complexity index is 463. The number of carbonyl (C=O) groups excluding carboxylic acids is 1. The molecule has 1 aliphatic rings. The molecule has 90 valence electrons. The number of anilines is 1. The Morgan fingerprint density at radius 3 is 3.12 bits per heavy atom. The van der Waals surface area contributed by atoms with Crippen LogP contribution in [0.15, 0.2) is 18.3 Å². The lowest BCUT2D eigenvalue weighted by molar-refractivity contribution is -0.119. The van der Waals surface area contributed by atoms with Crippen LogP contribution in [-0.2, 0) is 4.79 Å². The molecule has 0 aliphatic carbocycles. The molecule has 0 saturated carbocycles. The van der Waals surface area contributed by atoms with Crippen LogP contribution >= 0.6 is 0 Å². The number of nitrogens with one attached hydrogen (secondary N) is 2. The Morgan fingerprint density at radius 2 is 2.41 bits per heavy atom. The molecule has 2 rings (SSSR count). The van der Waals surface area contributed by atoms with Gasteiger partial charge in [0.1, 0.15) is 12.1 Å². The van der Waals surface area contributed by atoms with Gasteiger partial charge in [-0.2, -0.15) is 0 Å². The Hall–Kier alpha value is -2.31. The van der Waals surface area contributed by atoms with Crippen LogP contribution in [0.2, 0.25) is 0 Å². The molecule has 2 heterocycles. The molecular weight excluding hydrogens is 226 g/mol. The van der Waals surface area contributed by atoms with Crippen molar-refractivity contribution in [2.45, 2.75) is 19.1 Å². The van der Waals surface area contributed by atoms with Crippen molar-refractivity contribution >= 4 is 17.8 Å². The first-order valence-corrected chi connectivity index (χ1v) is 5.00. The van der Waals surface area contributed by atoms with Crippen LogP contribution in [-0.4, -0.2) is 34.2 Å². The minimum Gasteiger partial charge on any atom is -0.484 e. The first-order chi connectivity index (χ1) is 8.08. The third kappa shape index (κ3) is 2.27. The van der Waals surface area contributed by atoms with E-state index in [-0.39, 0.29) is 0 Å². The molecule has 2 amide bonds. The second-order valence-electron chi connectivity index (χ2n) is 3.59. The molecular formula is C10H11N3O4. The molecule has 1 aromatic rings.